The summed E-state index contributed by atoms with van der Waals surface area (Å²) in [6.07, 6.45) is -4.69. The second kappa shape index (κ2) is 6.11. The first-order chi connectivity index (χ1) is 9.82. The molecule has 116 valence electrons. The maximum absolute atomic E-state index is 12.7. The van der Waals surface area contributed by atoms with Gasteiger partial charge in [-0.3, -0.25) is 4.79 Å². The summed E-state index contributed by atoms with van der Waals surface area (Å²) in [5, 5.41) is 2.40. The molecule has 1 aliphatic rings. The molecule has 1 aromatic rings. The van der Waals surface area contributed by atoms with Gasteiger partial charge in [-0.25, -0.2) is 0 Å². The fraction of sp³-hybridized carbons (Fsp3) is 0.462. The summed E-state index contributed by atoms with van der Waals surface area (Å²) in [7, 11) is 1.27. The largest absolute Gasteiger partial charge is 0.487 e. The van der Waals surface area contributed by atoms with E-state index in [1.54, 1.807) is 0 Å². The molecule has 0 aliphatic carbocycles. The van der Waals surface area contributed by atoms with Gasteiger partial charge in [0.1, 0.15) is 17.9 Å². The average Bonchev–Trinajstić information content (AvgIpc) is 2.87. The molecule has 2 rings (SSSR count). The standard InChI is InChI=1S/C13H13ClF3NO3/c1-20-12(19)9-5-7(6-18-9)21-10-4-2-3-8(11(10)14)13(15,16)17/h2-4,7,9,18H,5-6H2,1H3. The van der Waals surface area contributed by atoms with Crippen molar-refractivity contribution in [2.75, 3.05) is 13.7 Å². The molecule has 0 bridgehead atoms. The highest BCUT2D eigenvalue weighted by Gasteiger charge is 2.36. The molecule has 21 heavy (non-hydrogen) atoms. The molecule has 1 aliphatic heterocycles. The fourth-order valence-corrected chi connectivity index (χ4v) is 2.39. The minimum atomic E-state index is -4.54. The SMILES string of the molecule is COC(=O)C1CC(Oc2cccc(C(F)(F)F)c2Cl)CN1. The van der Waals surface area contributed by atoms with E-state index < -0.39 is 34.9 Å². The number of ether oxygens (including phenoxy) is 2. The first-order valence-electron chi connectivity index (χ1n) is 6.16. The lowest BCUT2D eigenvalue weighted by Gasteiger charge is -2.16. The number of carbonyl (C=O) groups excluding carboxylic acids is 1. The van der Waals surface area contributed by atoms with Crippen LogP contribution in [0, 0.1) is 0 Å². The Bertz CT molecular complexity index is 536. The molecular formula is C13H13ClF3NO3. The Morgan fingerprint density at radius 2 is 2.14 bits per heavy atom. The Labute approximate surface area is 124 Å². The monoisotopic (exact) mass is 323 g/mol. The maximum atomic E-state index is 12.7. The van der Waals surface area contributed by atoms with E-state index in [0.29, 0.717) is 13.0 Å². The molecule has 2 unspecified atom stereocenters. The third-order valence-corrected chi connectivity index (χ3v) is 3.53. The number of hydrogen-bond acceptors (Lipinski definition) is 4. The second-order valence-corrected chi connectivity index (χ2v) is 4.95. The van der Waals surface area contributed by atoms with Gasteiger partial charge >= 0.3 is 12.1 Å². The Morgan fingerprint density at radius 3 is 2.76 bits per heavy atom. The first-order valence-corrected chi connectivity index (χ1v) is 6.54. The van der Waals surface area contributed by atoms with Crippen LogP contribution in [-0.4, -0.2) is 31.8 Å². The molecule has 0 aromatic heterocycles. The van der Waals surface area contributed by atoms with Gasteiger partial charge in [0.25, 0.3) is 0 Å². The van der Waals surface area contributed by atoms with Gasteiger partial charge in [0, 0.05) is 13.0 Å². The highest BCUT2D eigenvalue weighted by molar-refractivity contribution is 6.32. The third-order valence-electron chi connectivity index (χ3n) is 3.14. The fourth-order valence-electron chi connectivity index (χ4n) is 2.12. The van der Waals surface area contributed by atoms with Crippen molar-refractivity contribution in [1.29, 1.82) is 0 Å². The molecule has 4 nitrogen and oxygen atoms in total. The Balaban J connectivity index is 2.10. The number of alkyl halides is 3. The van der Waals surface area contributed by atoms with Gasteiger partial charge in [0.05, 0.1) is 17.7 Å². The molecule has 2 atom stereocenters. The van der Waals surface area contributed by atoms with Crippen molar-refractivity contribution in [3.63, 3.8) is 0 Å². The lowest BCUT2D eigenvalue weighted by Crippen LogP contribution is -2.31. The van der Waals surface area contributed by atoms with E-state index in [4.69, 9.17) is 16.3 Å². The van der Waals surface area contributed by atoms with Crippen LogP contribution in [0.2, 0.25) is 5.02 Å². The number of nitrogens with one attached hydrogen (secondary N) is 1. The van der Waals surface area contributed by atoms with Crippen LogP contribution in [0.25, 0.3) is 0 Å². The van der Waals surface area contributed by atoms with Crippen molar-refractivity contribution >= 4 is 17.6 Å². The van der Waals surface area contributed by atoms with E-state index in [1.807, 2.05) is 0 Å². The molecule has 1 aromatic carbocycles. The van der Waals surface area contributed by atoms with E-state index in [2.05, 4.69) is 10.1 Å². The maximum Gasteiger partial charge on any atom is 0.417 e. The van der Waals surface area contributed by atoms with Gasteiger partial charge in [-0.05, 0) is 12.1 Å². The van der Waals surface area contributed by atoms with Crippen LogP contribution in [-0.2, 0) is 15.7 Å². The van der Waals surface area contributed by atoms with Gasteiger partial charge in [-0.1, -0.05) is 17.7 Å². The summed E-state index contributed by atoms with van der Waals surface area (Å²) in [5.74, 6) is -0.486. The molecule has 0 spiro atoms. The van der Waals surface area contributed by atoms with E-state index >= 15 is 0 Å². The normalized spacial score (nSPS) is 22.1. The number of carbonyl (C=O) groups is 1. The molecule has 1 saturated heterocycles. The van der Waals surface area contributed by atoms with E-state index in [1.165, 1.54) is 19.2 Å². The number of methoxy groups -OCH3 is 1. The second-order valence-electron chi connectivity index (χ2n) is 4.58. The number of rotatable bonds is 3. The highest BCUT2D eigenvalue weighted by Crippen LogP contribution is 2.39. The molecule has 8 heteroatoms. The molecule has 1 heterocycles. The van der Waals surface area contributed by atoms with Crippen molar-refractivity contribution in [2.45, 2.75) is 24.7 Å². The van der Waals surface area contributed by atoms with Gasteiger partial charge < -0.3 is 14.8 Å². The van der Waals surface area contributed by atoms with Gasteiger partial charge in [-0.15, -0.1) is 0 Å². The van der Waals surface area contributed by atoms with Crippen LogP contribution in [0.4, 0.5) is 13.2 Å². The number of hydrogen-bond donors (Lipinski definition) is 1. The summed E-state index contributed by atoms with van der Waals surface area (Å²) in [6, 6.07) is 2.96. The van der Waals surface area contributed by atoms with Gasteiger partial charge in [0.15, 0.2) is 0 Å². The van der Waals surface area contributed by atoms with Crippen LogP contribution >= 0.6 is 11.6 Å². The lowest BCUT2D eigenvalue weighted by molar-refractivity contribution is -0.142. The zero-order valence-corrected chi connectivity index (χ0v) is 11.8. The molecular weight excluding hydrogens is 311 g/mol. The van der Waals surface area contributed by atoms with Crippen LogP contribution in [0.5, 0.6) is 5.75 Å². The lowest BCUT2D eigenvalue weighted by atomic mass is 10.2. The van der Waals surface area contributed by atoms with Crippen LogP contribution in [0.15, 0.2) is 18.2 Å². The Morgan fingerprint density at radius 1 is 1.43 bits per heavy atom. The quantitative estimate of drug-likeness (QED) is 0.869. The van der Waals surface area contributed by atoms with Crippen molar-refractivity contribution in [3.05, 3.63) is 28.8 Å². The Hall–Kier alpha value is -1.47. The molecule has 0 amide bonds. The van der Waals surface area contributed by atoms with Crippen molar-refractivity contribution in [2.24, 2.45) is 0 Å². The van der Waals surface area contributed by atoms with Crippen LogP contribution in [0.3, 0.4) is 0 Å². The number of esters is 1. The Kier molecular flexibility index (Phi) is 4.63. The topological polar surface area (TPSA) is 47.6 Å². The van der Waals surface area contributed by atoms with Crippen molar-refractivity contribution in [3.8, 4) is 5.75 Å². The zero-order chi connectivity index (χ0) is 15.6. The smallest absolute Gasteiger partial charge is 0.417 e. The predicted octanol–water partition coefficient (Wildman–Crippen LogP) is 2.64. The van der Waals surface area contributed by atoms with Gasteiger partial charge in [0.2, 0.25) is 0 Å². The average molecular weight is 324 g/mol. The van der Waals surface area contributed by atoms with Crippen LogP contribution in [0.1, 0.15) is 12.0 Å². The minimum absolute atomic E-state index is 0.0520. The minimum Gasteiger partial charge on any atom is -0.487 e. The van der Waals surface area contributed by atoms with Crippen molar-refractivity contribution < 1.29 is 27.4 Å². The molecule has 1 N–H and O–H groups in total. The molecule has 0 radical (unpaired) electrons. The van der Waals surface area contributed by atoms with E-state index in [0.717, 1.165) is 6.07 Å². The molecule has 0 saturated carbocycles. The summed E-state index contributed by atoms with van der Waals surface area (Å²) in [4.78, 5) is 11.3. The molecule has 1 fully saturated rings. The summed E-state index contributed by atoms with van der Waals surface area (Å²) < 4.78 is 48.3. The predicted molar refractivity (Wildman–Crippen MR) is 69.3 cm³/mol. The summed E-state index contributed by atoms with van der Waals surface area (Å²) in [6.45, 7) is 0.326. The highest BCUT2D eigenvalue weighted by atomic mass is 35.5. The van der Waals surface area contributed by atoms with E-state index in [-0.39, 0.29) is 5.75 Å². The van der Waals surface area contributed by atoms with E-state index in [9.17, 15) is 18.0 Å². The summed E-state index contributed by atoms with van der Waals surface area (Å²) in [5.41, 5.74) is -0.947. The third kappa shape index (κ3) is 3.59. The zero-order valence-electron chi connectivity index (χ0n) is 11.0. The number of benzene rings is 1. The van der Waals surface area contributed by atoms with Crippen LogP contribution < -0.4 is 10.1 Å². The summed E-state index contributed by atoms with van der Waals surface area (Å²) >= 11 is 5.74. The van der Waals surface area contributed by atoms with Crippen molar-refractivity contribution in [1.82, 2.24) is 5.32 Å². The number of halogens is 4. The first kappa shape index (κ1) is 15.9. The van der Waals surface area contributed by atoms with Gasteiger partial charge in [-0.2, -0.15) is 13.2 Å².